The molecule has 0 aliphatic heterocycles. The first-order valence-corrected chi connectivity index (χ1v) is 12.6. The van der Waals surface area contributed by atoms with Gasteiger partial charge in [-0.05, 0) is 71.0 Å². The third-order valence-electron chi connectivity index (χ3n) is 6.68. The minimum absolute atomic E-state index is 0.00851. The van der Waals surface area contributed by atoms with Gasteiger partial charge in [0.25, 0.3) is 5.91 Å². The number of hydrogen-bond donors (Lipinski definition) is 5. The number of nitrogens with two attached hydrogens (primary N) is 2. The molecule has 0 saturated heterocycles. The van der Waals surface area contributed by atoms with Gasteiger partial charge in [-0.1, -0.05) is 54.6 Å². The Morgan fingerprint density at radius 2 is 1.61 bits per heavy atom. The average Bonchev–Trinajstić information content (AvgIpc) is 2.96. The predicted molar refractivity (Wildman–Crippen MR) is 151 cm³/mol. The minimum atomic E-state index is -0.349. The molecule has 2 unspecified atom stereocenters. The largest absolute Gasteiger partial charge is 0.396 e. The van der Waals surface area contributed by atoms with E-state index < -0.39 is 0 Å². The SMILES string of the molecule is N=C(N)c1cccc(CC(CO)C(Cc2cccnc2)NC(=O)c2ccc(-c3cccc(CN)c3)cc2)c1. The molecule has 4 aromatic rings. The van der Waals surface area contributed by atoms with Crippen LogP contribution in [0.5, 0.6) is 0 Å². The Kier molecular flexibility index (Phi) is 8.98. The van der Waals surface area contributed by atoms with Crippen molar-refractivity contribution in [3.8, 4) is 11.1 Å². The molecule has 4 rings (SSSR count). The first kappa shape index (κ1) is 26.7. The molecule has 3 aromatic carbocycles. The summed E-state index contributed by atoms with van der Waals surface area (Å²) >= 11 is 0. The van der Waals surface area contributed by atoms with Gasteiger partial charge < -0.3 is 21.9 Å². The van der Waals surface area contributed by atoms with E-state index in [9.17, 15) is 9.90 Å². The molecule has 1 heterocycles. The number of amidine groups is 1. The number of amides is 1. The van der Waals surface area contributed by atoms with E-state index in [1.54, 1.807) is 18.5 Å². The van der Waals surface area contributed by atoms with E-state index in [4.69, 9.17) is 16.9 Å². The summed E-state index contributed by atoms with van der Waals surface area (Å²) in [4.78, 5) is 17.5. The molecule has 1 amide bonds. The lowest BCUT2D eigenvalue weighted by Gasteiger charge is -2.27. The third kappa shape index (κ3) is 6.91. The van der Waals surface area contributed by atoms with E-state index in [2.05, 4.69) is 10.3 Å². The van der Waals surface area contributed by atoms with Crippen LogP contribution in [0, 0.1) is 11.3 Å². The van der Waals surface area contributed by atoms with E-state index in [-0.39, 0.29) is 30.3 Å². The summed E-state index contributed by atoms with van der Waals surface area (Å²) in [6, 6.07) is 26.4. The second-order valence-corrected chi connectivity index (χ2v) is 9.39. The molecule has 0 aliphatic rings. The van der Waals surface area contributed by atoms with E-state index in [0.717, 1.165) is 27.8 Å². The number of aliphatic hydroxyl groups excluding tert-OH is 1. The maximum atomic E-state index is 13.3. The van der Waals surface area contributed by atoms with Gasteiger partial charge in [0.2, 0.25) is 0 Å². The topological polar surface area (TPSA) is 138 Å². The van der Waals surface area contributed by atoms with E-state index in [0.29, 0.717) is 30.5 Å². The van der Waals surface area contributed by atoms with Crippen LogP contribution in [0.25, 0.3) is 11.1 Å². The number of pyridine rings is 1. The molecule has 0 aliphatic carbocycles. The van der Waals surface area contributed by atoms with Crippen molar-refractivity contribution in [3.63, 3.8) is 0 Å². The van der Waals surface area contributed by atoms with Crippen molar-refractivity contribution < 1.29 is 9.90 Å². The zero-order chi connectivity index (χ0) is 26.9. The molecule has 0 bridgehead atoms. The molecular formula is C31H33N5O2. The highest BCUT2D eigenvalue weighted by Crippen LogP contribution is 2.22. The maximum Gasteiger partial charge on any atom is 0.251 e. The van der Waals surface area contributed by atoms with Gasteiger partial charge in [0.1, 0.15) is 5.84 Å². The van der Waals surface area contributed by atoms with Crippen LogP contribution in [0.4, 0.5) is 0 Å². The van der Waals surface area contributed by atoms with E-state index in [1.807, 2.05) is 78.9 Å². The Balaban J connectivity index is 1.55. The van der Waals surface area contributed by atoms with Crippen LogP contribution in [0.3, 0.4) is 0 Å². The van der Waals surface area contributed by atoms with Crippen molar-refractivity contribution >= 4 is 11.7 Å². The number of nitrogens with zero attached hydrogens (tertiary/aromatic N) is 1. The minimum Gasteiger partial charge on any atom is -0.396 e. The zero-order valence-electron chi connectivity index (χ0n) is 21.2. The molecule has 7 nitrogen and oxygen atoms in total. The van der Waals surface area contributed by atoms with Crippen molar-refractivity contribution in [3.05, 3.63) is 125 Å². The van der Waals surface area contributed by atoms with Gasteiger partial charge in [0.15, 0.2) is 0 Å². The van der Waals surface area contributed by atoms with Crippen LogP contribution in [-0.4, -0.2) is 34.5 Å². The summed E-state index contributed by atoms with van der Waals surface area (Å²) in [6.07, 6.45) is 4.51. The van der Waals surface area contributed by atoms with E-state index in [1.165, 1.54) is 0 Å². The fourth-order valence-electron chi connectivity index (χ4n) is 4.55. The van der Waals surface area contributed by atoms with Gasteiger partial charge in [-0.15, -0.1) is 0 Å². The molecule has 194 valence electrons. The lowest BCUT2D eigenvalue weighted by atomic mass is 9.88. The van der Waals surface area contributed by atoms with Crippen molar-refractivity contribution in [1.29, 1.82) is 5.41 Å². The van der Waals surface area contributed by atoms with Gasteiger partial charge in [0.05, 0.1) is 0 Å². The summed E-state index contributed by atoms with van der Waals surface area (Å²) < 4.78 is 0. The van der Waals surface area contributed by atoms with Crippen LogP contribution in [-0.2, 0) is 19.4 Å². The Labute approximate surface area is 223 Å². The van der Waals surface area contributed by atoms with Gasteiger partial charge >= 0.3 is 0 Å². The standard InChI is InChI=1S/C31H33N5O2/c32-18-22-5-2-7-26(16-22)24-9-11-25(12-10-24)31(38)36-29(17-23-6-3-13-35-19-23)28(20-37)15-21-4-1-8-27(14-21)30(33)34/h1-14,16,19,28-29,37H,15,17-18,20,32H2,(H3,33,34)(H,36,38). The number of carbonyl (C=O) groups excluding carboxylic acids is 1. The molecular weight excluding hydrogens is 474 g/mol. The summed E-state index contributed by atoms with van der Waals surface area (Å²) in [5, 5.41) is 21.2. The molecule has 7 heteroatoms. The monoisotopic (exact) mass is 507 g/mol. The van der Waals surface area contributed by atoms with Gasteiger partial charge in [-0.25, -0.2) is 0 Å². The van der Waals surface area contributed by atoms with Crippen molar-refractivity contribution in [1.82, 2.24) is 10.3 Å². The number of aromatic nitrogens is 1. The number of hydrogen-bond acceptors (Lipinski definition) is 5. The lowest BCUT2D eigenvalue weighted by Crippen LogP contribution is -2.44. The zero-order valence-corrected chi connectivity index (χ0v) is 21.2. The van der Waals surface area contributed by atoms with Crippen LogP contribution in [0.15, 0.2) is 97.3 Å². The van der Waals surface area contributed by atoms with Crippen molar-refractivity contribution in [2.24, 2.45) is 17.4 Å². The Bertz CT molecular complexity index is 1370. The quantitative estimate of drug-likeness (QED) is 0.156. The van der Waals surface area contributed by atoms with E-state index >= 15 is 0 Å². The Hall–Kier alpha value is -4.33. The highest BCUT2D eigenvalue weighted by molar-refractivity contribution is 5.95. The number of aliphatic hydroxyl groups is 1. The number of nitrogen functional groups attached to an aromatic ring is 1. The highest BCUT2D eigenvalue weighted by Gasteiger charge is 2.24. The Morgan fingerprint density at radius 1 is 0.868 bits per heavy atom. The van der Waals surface area contributed by atoms with Crippen molar-refractivity contribution in [2.45, 2.75) is 25.4 Å². The van der Waals surface area contributed by atoms with Gasteiger partial charge in [-0.2, -0.15) is 0 Å². The molecule has 1 aromatic heterocycles. The van der Waals surface area contributed by atoms with Crippen LogP contribution in [0.2, 0.25) is 0 Å². The summed E-state index contributed by atoms with van der Waals surface area (Å²) in [6.45, 7) is 0.351. The lowest BCUT2D eigenvalue weighted by molar-refractivity contribution is 0.0903. The molecule has 7 N–H and O–H groups in total. The Morgan fingerprint density at radius 3 is 2.29 bits per heavy atom. The van der Waals surface area contributed by atoms with Crippen molar-refractivity contribution in [2.75, 3.05) is 6.61 Å². The van der Waals surface area contributed by atoms with Gasteiger partial charge in [-0.3, -0.25) is 15.2 Å². The number of rotatable bonds is 11. The normalized spacial score (nSPS) is 12.5. The summed E-state index contributed by atoms with van der Waals surface area (Å²) in [7, 11) is 0. The molecule has 0 spiro atoms. The van der Waals surface area contributed by atoms with Gasteiger partial charge in [0, 0.05) is 48.6 Å². The van der Waals surface area contributed by atoms with Crippen LogP contribution in [0.1, 0.15) is 32.6 Å². The molecule has 0 radical (unpaired) electrons. The average molecular weight is 508 g/mol. The van der Waals surface area contributed by atoms with Crippen LogP contribution < -0.4 is 16.8 Å². The smallest absolute Gasteiger partial charge is 0.251 e. The highest BCUT2D eigenvalue weighted by atomic mass is 16.3. The fourth-order valence-corrected chi connectivity index (χ4v) is 4.55. The van der Waals surface area contributed by atoms with Crippen LogP contribution >= 0.6 is 0 Å². The maximum absolute atomic E-state index is 13.3. The predicted octanol–water partition coefficient (Wildman–Crippen LogP) is 3.68. The third-order valence-corrected chi connectivity index (χ3v) is 6.68. The first-order valence-electron chi connectivity index (χ1n) is 12.6. The first-order chi connectivity index (χ1) is 18.5. The second kappa shape index (κ2) is 12.8. The second-order valence-electron chi connectivity index (χ2n) is 9.39. The number of carbonyl (C=O) groups is 1. The summed E-state index contributed by atoms with van der Waals surface area (Å²) in [5.41, 5.74) is 17.6. The molecule has 0 fully saturated rings. The molecule has 38 heavy (non-hydrogen) atoms. The fraction of sp³-hybridized carbons (Fsp3) is 0.194. The molecule has 0 saturated carbocycles. The summed E-state index contributed by atoms with van der Waals surface area (Å²) in [5.74, 6) is -0.484. The number of benzene rings is 3. The molecule has 2 atom stereocenters. The number of nitrogens with one attached hydrogen (secondary N) is 2.